The summed E-state index contributed by atoms with van der Waals surface area (Å²) in [6.07, 6.45) is 16.4. The number of ether oxygens (including phenoxy) is 1. The van der Waals surface area contributed by atoms with Gasteiger partial charge < -0.3 is 11.3 Å². The van der Waals surface area contributed by atoms with Crippen LogP contribution in [0.25, 0.3) is 0 Å². The molecule has 0 bridgehead atoms. The number of esters is 1. The Bertz CT molecular complexity index is 566. The van der Waals surface area contributed by atoms with Crippen molar-refractivity contribution in [3.8, 4) is 5.75 Å². The van der Waals surface area contributed by atoms with Gasteiger partial charge in [-0.1, -0.05) is 95.8 Å². The molecular formula is C24H39KO4. The Balaban J connectivity index is 0. The molecule has 0 unspecified atom stereocenters. The molecule has 1 aromatic carbocycles. The number of aryl methyl sites for hydroxylation is 1. The van der Waals surface area contributed by atoms with E-state index in [1.54, 1.807) is 6.07 Å². The van der Waals surface area contributed by atoms with Crippen molar-refractivity contribution in [2.75, 3.05) is 0 Å². The monoisotopic (exact) mass is 430 g/mol. The molecule has 0 aromatic heterocycles. The van der Waals surface area contributed by atoms with Gasteiger partial charge >= 0.3 is 63.3 Å². The molecule has 29 heavy (non-hydrogen) atoms. The Morgan fingerprint density at radius 2 is 1.34 bits per heavy atom. The van der Waals surface area contributed by atoms with Crippen LogP contribution in [0.3, 0.4) is 0 Å². The van der Waals surface area contributed by atoms with Crippen LogP contribution in [0.4, 0.5) is 0 Å². The Morgan fingerprint density at radius 1 is 0.828 bits per heavy atom. The van der Waals surface area contributed by atoms with Gasteiger partial charge in [0.15, 0.2) is 0 Å². The second-order valence-electron chi connectivity index (χ2n) is 7.61. The minimum Gasteiger partial charge on any atom is -1.00 e. The maximum absolute atomic E-state index is 11.8. The van der Waals surface area contributed by atoms with Gasteiger partial charge in [-0.25, -0.2) is 0 Å². The molecule has 0 spiro atoms. The number of carboxylic acids is 1. The molecule has 160 valence electrons. The van der Waals surface area contributed by atoms with E-state index in [0.29, 0.717) is 5.75 Å². The van der Waals surface area contributed by atoms with Crippen LogP contribution < -0.4 is 56.1 Å². The molecule has 0 atom stereocenters. The Hall–Kier alpha value is -0.204. The van der Waals surface area contributed by atoms with Crippen molar-refractivity contribution in [3.05, 3.63) is 29.8 Å². The molecule has 5 heteroatoms. The summed E-state index contributed by atoms with van der Waals surface area (Å²) in [6, 6.07) is 7.56. The van der Waals surface area contributed by atoms with Gasteiger partial charge in [0.1, 0.15) is 5.75 Å². The topological polar surface area (TPSA) is 63.6 Å². The maximum atomic E-state index is 11.8. The fourth-order valence-electron chi connectivity index (χ4n) is 3.35. The molecule has 0 radical (unpaired) electrons. The van der Waals surface area contributed by atoms with E-state index >= 15 is 0 Å². The first kappa shape index (κ1) is 28.8. The Morgan fingerprint density at radius 3 is 1.90 bits per heavy atom. The van der Waals surface area contributed by atoms with Crippen LogP contribution in [-0.2, 0) is 16.0 Å². The Kier molecular flexibility index (Phi) is 19.6. The molecule has 0 fully saturated rings. The van der Waals surface area contributed by atoms with Crippen molar-refractivity contribution in [3.63, 3.8) is 0 Å². The molecule has 0 saturated carbocycles. The van der Waals surface area contributed by atoms with E-state index < -0.39 is 11.9 Å². The number of carboxylic acid groups (broad SMARTS) is 1. The first-order valence-corrected chi connectivity index (χ1v) is 11.1. The van der Waals surface area contributed by atoms with Crippen molar-refractivity contribution in [2.24, 2.45) is 0 Å². The number of para-hydroxylation sites is 1. The van der Waals surface area contributed by atoms with E-state index in [2.05, 4.69) is 6.92 Å². The van der Waals surface area contributed by atoms with Gasteiger partial charge in [-0.05, 0) is 24.5 Å². The van der Waals surface area contributed by atoms with E-state index in [1.165, 1.54) is 70.6 Å². The van der Waals surface area contributed by atoms with E-state index in [9.17, 15) is 9.59 Å². The largest absolute Gasteiger partial charge is 1.00 e. The zero-order chi connectivity index (χ0) is 20.5. The SMILES string of the molecule is CCCCCCCCCCCCCCc1ccccc1OC(=O)CCC(=O)O.[H-].[K+]. The third-order valence-electron chi connectivity index (χ3n) is 5.04. The minimum atomic E-state index is -0.985. The summed E-state index contributed by atoms with van der Waals surface area (Å²) in [6.45, 7) is 2.26. The van der Waals surface area contributed by atoms with Gasteiger partial charge in [0, 0.05) is 0 Å². The van der Waals surface area contributed by atoms with E-state index in [-0.39, 0.29) is 65.7 Å². The van der Waals surface area contributed by atoms with Crippen LogP contribution in [0, 0.1) is 0 Å². The summed E-state index contributed by atoms with van der Waals surface area (Å²) in [7, 11) is 0. The zero-order valence-electron chi connectivity index (χ0n) is 19.6. The van der Waals surface area contributed by atoms with Crippen molar-refractivity contribution in [2.45, 2.75) is 103 Å². The summed E-state index contributed by atoms with van der Waals surface area (Å²) >= 11 is 0. The second-order valence-corrected chi connectivity index (χ2v) is 7.61. The van der Waals surface area contributed by atoms with E-state index in [0.717, 1.165) is 18.4 Å². The van der Waals surface area contributed by atoms with Crippen LogP contribution in [-0.4, -0.2) is 17.0 Å². The van der Waals surface area contributed by atoms with Crippen molar-refractivity contribution >= 4 is 11.9 Å². The van der Waals surface area contributed by atoms with Gasteiger partial charge in [-0.2, -0.15) is 0 Å². The fraction of sp³-hybridized carbons (Fsp3) is 0.667. The molecule has 1 aromatic rings. The predicted molar refractivity (Wildman–Crippen MR) is 115 cm³/mol. The standard InChI is InChI=1S/C24H38O4.K.H/c1-2-3-4-5-6-7-8-9-10-11-12-13-16-21-17-14-15-18-22(21)28-24(27)20-19-23(25)26;;/h14-15,17-18H,2-13,16,19-20H2,1H3,(H,25,26);;/q;+1;-1. The number of unbranched alkanes of at least 4 members (excludes halogenated alkanes) is 11. The van der Waals surface area contributed by atoms with E-state index in [4.69, 9.17) is 9.84 Å². The average molecular weight is 431 g/mol. The number of carbonyl (C=O) groups is 2. The van der Waals surface area contributed by atoms with Crippen molar-refractivity contribution < 1.29 is 72.2 Å². The Labute approximate surface area is 221 Å². The second kappa shape index (κ2) is 19.7. The number of aliphatic carboxylic acids is 1. The van der Waals surface area contributed by atoms with Crippen LogP contribution in [0.15, 0.2) is 24.3 Å². The zero-order valence-corrected chi connectivity index (χ0v) is 21.7. The molecular weight excluding hydrogens is 391 g/mol. The van der Waals surface area contributed by atoms with Gasteiger partial charge in [0.25, 0.3) is 0 Å². The molecule has 4 nitrogen and oxygen atoms in total. The van der Waals surface area contributed by atoms with Crippen molar-refractivity contribution in [1.29, 1.82) is 0 Å². The summed E-state index contributed by atoms with van der Waals surface area (Å²) in [5.41, 5.74) is 1.03. The number of rotatable bonds is 17. The van der Waals surface area contributed by atoms with Crippen LogP contribution in [0.2, 0.25) is 0 Å². The summed E-state index contributed by atoms with van der Waals surface area (Å²) in [5.74, 6) is -0.896. The van der Waals surface area contributed by atoms with Gasteiger partial charge in [0.05, 0.1) is 12.8 Å². The molecule has 1 rings (SSSR count). The maximum Gasteiger partial charge on any atom is 1.00 e. The summed E-state index contributed by atoms with van der Waals surface area (Å²) in [4.78, 5) is 22.3. The van der Waals surface area contributed by atoms with E-state index in [1.807, 2.05) is 18.2 Å². The molecule has 0 aliphatic heterocycles. The quantitative estimate of drug-likeness (QED) is 0.177. The molecule has 0 aliphatic carbocycles. The molecule has 0 aliphatic rings. The first-order chi connectivity index (χ1) is 13.6. The molecule has 0 saturated heterocycles. The van der Waals surface area contributed by atoms with Crippen LogP contribution >= 0.6 is 0 Å². The third kappa shape index (κ3) is 16.2. The van der Waals surface area contributed by atoms with Gasteiger partial charge in [-0.15, -0.1) is 0 Å². The van der Waals surface area contributed by atoms with Gasteiger partial charge in [0.2, 0.25) is 0 Å². The third-order valence-corrected chi connectivity index (χ3v) is 5.04. The van der Waals surface area contributed by atoms with Crippen molar-refractivity contribution in [1.82, 2.24) is 0 Å². The smallest absolute Gasteiger partial charge is 1.00 e. The number of hydrogen-bond acceptors (Lipinski definition) is 3. The summed E-state index contributed by atoms with van der Waals surface area (Å²) < 4.78 is 5.35. The molecule has 0 heterocycles. The van der Waals surface area contributed by atoms with Crippen LogP contribution in [0.1, 0.15) is 104 Å². The normalized spacial score (nSPS) is 10.4. The molecule has 1 N–H and O–H groups in total. The first-order valence-electron chi connectivity index (χ1n) is 11.1. The van der Waals surface area contributed by atoms with Crippen LogP contribution in [0.5, 0.6) is 5.75 Å². The number of benzene rings is 1. The summed E-state index contributed by atoms with van der Waals surface area (Å²) in [5, 5.41) is 8.65. The number of hydrogen-bond donors (Lipinski definition) is 1. The number of carbonyl (C=O) groups excluding carboxylic acids is 1. The molecule has 0 amide bonds. The van der Waals surface area contributed by atoms with Gasteiger partial charge in [-0.3, -0.25) is 9.59 Å². The predicted octanol–water partition coefficient (Wildman–Crippen LogP) is 3.82. The fourth-order valence-corrected chi connectivity index (χ4v) is 3.35. The minimum absolute atomic E-state index is 0. The average Bonchev–Trinajstić information content (AvgIpc) is 2.68.